The van der Waals surface area contributed by atoms with Gasteiger partial charge in [-0.2, -0.15) is 0 Å². The number of ether oxygens (including phenoxy) is 1. The third-order valence-corrected chi connectivity index (χ3v) is 3.94. The second kappa shape index (κ2) is 5.62. The van der Waals surface area contributed by atoms with Crippen molar-refractivity contribution in [3.8, 4) is 11.5 Å². The summed E-state index contributed by atoms with van der Waals surface area (Å²) < 4.78 is 6.01. The lowest BCUT2D eigenvalue weighted by Crippen LogP contribution is -2.25. The molecular weight excluding hydrogens is 272 g/mol. The highest BCUT2D eigenvalue weighted by atomic mass is 16.5. The van der Waals surface area contributed by atoms with Crippen molar-refractivity contribution in [3.05, 3.63) is 89.7 Å². The molecule has 0 fully saturated rings. The zero-order valence-electron chi connectivity index (χ0n) is 12.1. The molecule has 3 heteroatoms. The number of fused-ring (bicyclic) bond motifs is 2. The number of para-hydroxylation sites is 2. The van der Waals surface area contributed by atoms with Crippen LogP contribution in [-0.2, 0) is 6.54 Å². The minimum Gasteiger partial charge on any atom is -0.457 e. The van der Waals surface area contributed by atoms with Crippen LogP contribution in [0, 0.1) is 0 Å². The van der Waals surface area contributed by atoms with Crippen molar-refractivity contribution in [2.75, 3.05) is 0 Å². The van der Waals surface area contributed by atoms with E-state index in [4.69, 9.17) is 4.74 Å². The number of nitrogens with one attached hydrogen (secondary N) is 1. The van der Waals surface area contributed by atoms with Gasteiger partial charge >= 0.3 is 0 Å². The monoisotopic (exact) mass is 288 g/mol. The van der Waals surface area contributed by atoms with Crippen molar-refractivity contribution in [2.24, 2.45) is 0 Å². The first-order valence-electron chi connectivity index (χ1n) is 7.40. The zero-order valence-corrected chi connectivity index (χ0v) is 12.1. The Hall–Kier alpha value is -2.65. The summed E-state index contributed by atoms with van der Waals surface area (Å²) in [7, 11) is 0. The minimum absolute atomic E-state index is 0.134. The number of hydrogen-bond acceptors (Lipinski definition) is 3. The Bertz CT molecular complexity index is 741. The summed E-state index contributed by atoms with van der Waals surface area (Å²) >= 11 is 0. The molecule has 4 rings (SSSR count). The third kappa shape index (κ3) is 2.36. The van der Waals surface area contributed by atoms with Crippen molar-refractivity contribution in [2.45, 2.75) is 12.6 Å². The third-order valence-electron chi connectivity index (χ3n) is 3.94. The predicted octanol–water partition coefficient (Wildman–Crippen LogP) is 4.07. The van der Waals surface area contributed by atoms with Gasteiger partial charge < -0.3 is 10.1 Å². The molecule has 3 nitrogen and oxygen atoms in total. The Kier molecular flexibility index (Phi) is 3.33. The fourth-order valence-electron chi connectivity index (χ4n) is 2.85. The molecule has 0 radical (unpaired) electrons. The van der Waals surface area contributed by atoms with Gasteiger partial charge in [-0.05, 0) is 29.8 Å². The average Bonchev–Trinajstić information content (AvgIpc) is 2.59. The summed E-state index contributed by atoms with van der Waals surface area (Å²) in [6.45, 7) is 0.788. The van der Waals surface area contributed by atoms with E-state index in [9.17, 15) is 0 Å². The Morgan fingerprint density at radius 2 is 1.41 bits per heavy atom. The molecule has 2 aromatic carbocycles. The normalized spacial score (nSPS) is 13.1. The van der Waals surface area contributed by atoms with E-state index in [1.165, 1.54) is 16.7 Å². The van der Waals surface area contributed by atoms with E-state index in [0.29, 0.717) is 0 Å². The Labute approximate surface area is 129 Å². The molecule has 0 amide bonds. The molecule has 0 unspecified atom stereocenters. The molecule has 0 spiro atoms. The summed E-state index contributed by atoms with van der Waals surface area (Å²) in [6, 6.07) is 20.6. The Balaban J connectivity index is 1.69. The van der Waals surface area contributed by atoms with Crippen LogP contribution >= 0.6 is 0 Å². The quantitative estimate of drug-likeness (QED) is 0.789. The molecule has 22 heavy (non-hydrogen) atoms. The molecule has 1 N–H and O–H groups in total. The van der Waals surface area contributed by atoms with Gasteiger partial charge in [0, 0.05) is 30.1 Å². The van der Waals surface area contributed by atoms with Crippen LogP contribution in [0.25, 0.3) is 0 Å². The maximum absolute atomic E-state index is 6.01. The average molecular weight is 288 g/mol. The number of nitrogens with zero attached hydrogens (tertiary/aromatic N) is 1. The maximum Gasteiger partial charge on any atom is 0.132 e. The van der Waals surface area contributed by atoms with Gasteiger partial charge in [-0.1, -0.05) is 36.4 Å². The molecule has 0 saturated heterocycles. The summed E-state index contributed by atoms with van der Waals surface area (Å²) in [4.78, 5) is 4.06. The highest BCUT2D eigenvalue weighted by Gasteiger charge is 2.26. The largest absolute Gasteiger partial charge is 0.457 e. The summed E-state index contributed by atoms with van der Waals surface area (Å²) in [6.07, 6.45) is 3.64. The second-order valence-corrected chi connectivity index (χ2v) is 5.35. The van der Waals surface area contributed by atoms with E-state index in [2.05, 4.69) is 34.6 Å². The van der Waals surface area contributed by atoms with Crippen LogP contribution in [0.2, 0.25) is 0 Å². The lowest BCUT2D eigenvalue weighted by atomic mass is 9.94. The molecule has 3 aromatic rings. The smallest absolute Gasteiger partial charge is 0.132 e. The lowest BCUT2D eigenvalue weighted by molar-refractivity contribution is 0.427. The number of hydrogen-bond donors (Lipinski definition) is 1. The van der Waals surface area contributed by atoms with Crippen LogP contribution in [0.4, 0.5) is 0 Å². The first kappa shape index (κ1) is 13.0. The van der Waals surface area contributed by atoms with Crippen LogP contribution in [0.1, 0.15) is 22.7 Å². The number of benzene rings is 2. The molecule has 1 aliphatic heterocycles. The van der Waals surface area contributed by atoms with E-state index >= 15 is 0 Å². The van der Waals surface area contributed by atoms with Gasteiger partial charge in [-0.15, -0.1) is 0 Å². The van der Waals surface area contributed by atoms with Gasteiger partial charge in [0.15, 0.2) is 0 Å². The SMILES string of the molecule is c1ccc2c(c1)Oc1ccccc1C2NCc1ccncc1. The van der Waals surface area contributed by atoms with Gasteiger partial charge in [0.2, 0.25) is 0 Å². The minimum atomic E-state index is 0.134. The molecular formula is C19H16N2O. The number of rotatable bonds is 3. The maximum atomic E-state index is 6.01. The molecule has 0 atom stereocenters. The first-order chi connectivity index (χ1) is 10.9. The molecule has 1 aromatic heterocycles. The van der Waals surface area contributed by atoms with E-state index in [-0.39, 0.29) is 6.04 Å². The standard InChI is InChI=1S/C19H16N2O/c1-3-7-17-15(5-1)19(16-6-2-4-8-18(16)22-17)21-13-14-9-11-20-12-10-14/h1-12,19,21H,13H2. The van der Waals surface area contributed by atoms with Crippen LogP contribution in [0.3, 0.4) is 0 Å². The summed E-state index contributed by atoms with van der Waals surface area (Å²) in [5, 5.41) is 3.64. The van der Waals surface area contributed by atoms with Gasteiger partial charge in [0.05, 0.1) is 6.04 Å². The molecule has 108 valence electrons. The lowest BCUT2D eigenvalue weighted by Gasteiger charge is -2.29. The van der Waals surface area contributed by atoms with Gasteiger partial charge in [0.25, 0.3) is 0 Å². The van der Waals surface area contributed by atoms with Crippen LogP contribution < -0.4 is 10.1 Å². The fourth-order valence-corrected chi connectivity index (χ4v) is 2.85. The predicted molar refractivity (Wildman–Crippen MR) is 85.9 cm³/mol. The molecule has 0 bridgehead atoms. The van der Waals surface area contributed by atoms with Crippen molar-refractivity contribution in [1.82, 2.24) is 10.3 Å². The van der Waals surface area contributed by atoms with E-state index in [1.807, 2.05) is 48.8 Å². The van der Waals surface area contributed by atoms with E-state index in [0.717, 1.165) is 18.0 Å². The molecule has 1 aliphatic rings. The second-order valence-electron chi connectivity index (χ2n) is 5.35. The van der Waals surface area contributed by atoms with E-state index in [1.54, 1.807) is 0 Å². The Morgan fingerprint density at radius 3 is 2.05 bits per heavy atom. The van der Waals surface area contributed by atoms with Crippen molar-refractivity contribution < 1.29 is 4.74 Å². The van der Waals surface area contributed by atoms with Gasteiger partial charge in [0.1, 0.15) is 11.5 Å². The first-order valence-corrected chi connectivity index (χ1v) is 7.40. The number of aromatic nitrogens is 1. The number of pyridine rings is 1. The van der Waals surface area contributed by atoms with Crippen molar-refractivity contribution in [1.29, 1.82) is 0 Å². The highest BCUT2D eigenvalue weighted by Crippen LogP contribution is 2.42. The van der Waals surface area contributed by atoms with E-state index < -0.39 is 0 Å². The van der Waals surface area contributed by atoms with Gasteiger partial charge in [-0.25, -0.2) is 0 Å². The highest BCUT2D eigenvalue weighted by molar-refractivity contribution is 5.52. The van der Waals surface area contributed by atoms with Gasteiger partial charge in [-0.3, -0.25) is 4.98 Å². The van der Waals surface area contributed by atoms with Crippen LogP contribution in [-0.4, -0.2) is 4.98 Å². The molecule has 0 saturated carbocycles. The summed E-state index contributed by atoms with van der Waals surface area (Å²) in [5.74, 6) is 1.85. The zero-order chi connectivity index (χ0) is 14.8. The Morgan fingerprint density at radius 1 is 0.818 bits per heavy atom. The van der Waals surface area contributed by atoms with Crippen LogP contribution in [0.5, 0.6) is 11.5 Å². The van der Waals surface area contributed by atoms with Crippen LogP contribution in [0.15, 0.2) is 73.1 Å². The fraction of sp³-hybridized carbons (Fsp3) is 0.105. The molecule has 2 heterocycles. The van der Waals surface area contributed by atoms with Crippen molar-refractivity contribution in [3.63, 3.8) is 0 Å². The summed E-state index contributed by atoms with van der Waals surface area (Å²) in [5.41, 5.74) is 3.57. The molecule has 0 aliphatic carbocycles. The topological polar surface area (TPSA) is 34.1 Å². The van der Waals surface area contributed by atoms with Crippen molar-refractivity contribution >= 4 is 0 Å².